The first kappa shape index (κ1) is 29.6. The van der Waals surface area contributed by atoms with Crippen LogP contribution in [-0.4, -0.2) is 94.8 Å². The number of fused-ring (bicyclic) bond motifs is 2. The van der Waals surface area contributed by atoms with Crippen molar-refractivity contribution in [2.24, 2.45) is 0 Å². The highest BCUT2D eigenvalue weighted by Gasteiger charge is 2.40. The summed E-state index contributed by atoms with van der Waals surface area (Å²) >= 11 is 0. The van der Waals surface area contributed by atoms with Gasteiger partial charge in [0.2, 0.25) is 13.6 Å². The van der Waals surface area contributed by atoms with Gasteiger partial charge in [-0.1, -0.05) is 0 Å². The van der Waals surface area contributed by atoms with E-state index in [1.54, 1.807) is 0 Å². The second-order valence-corrected chi connectivity index (χ2v) is 9.53. The Kier molecular flexibility index (Phi) is 9.57. The summed E-state index contributed by atoms with van der Waals surface area (Å²) < 4.78 is 33.7. The number of benzene rings is 2. The third-order valence-electron chi connectivity index (χ3n) is 6.52. The molecule has 1 saturated heterocycles. The third-order valence-corrected chi connectivity index (χ3v) is 6.52. The highest BCUT2D eigenvalue weighted by molar-refractivity contribution is 5.88. The van der Waals surface area contributed by atoms with Crippen LogP contribution in [0.3, 0.4) is 0 Å². The van der Waals surface area contributed by atoms with Gasteiger partial charge in [-0.15, -0.1) is 0 Å². The van der Waals surface area contributed by atoms with Crippen LogP contribution in [0.1, 0.15) is 25.7 Å². The van der Waals surface area contributed by atoms with Gasteiger partial charge >= 0.3 is 17.9 Å². The lowest BCUT2D eigenvalue weighted by Crippen LogP contribution is -2.42. The molecular formula is C27H31NO13. The van der Waals surface area contributed by atoms with E-state index in [9.17, 15) is 14.4 Å². The molecular weight excluding hydrogens is 546 g/mol. The predicted octanol–water partition coefficient (Wildman–Crippen LogP) is 1.82. The number of aliphatic carboxylic acids is 3. The second-order valence-electron chi connectivity index (χ2n) is 9.53. The second kappa shape index (κ2) is 13.3. The Hall–Kier alpha value is -4.43. The number of carboxylic acid groups (broad SMARTS) is 3. The first-order valence-electron chi connectivity index (χ1n) is 12.8. The maximum Gasteiger partial charge on any atom is 0.336 e. The van der Waals surface area contributed by atoms with E-state index in [-0.39, 0.29) is 19.6 Å². The fraction of sp³-hybridized carbons (Fsp3) is 0.444. The van der Waals surface area contributed by atoms with Gasteiger partial charge in [-0.3, -0.25) is 14.5 Å². The minimum Gasteiger partial charge on any atom is -0.492 e. The molecule has 2 aromatic carbocycles. The van der Waals surface area contributed by atoms with Gasteiger partial charge < -0.3 is 48.8 Å². The predicted molar refractivity (Wildman–Crippen MR) is 138 cm³/mol. The maximum absolute atomic E-state index is 10.3. The first-order chi connectivity index (χ1) is 19.6. The molecule has 41 heavy (non-hydrogen) atoms. The number of aliphatic hydroxyl groups is 1. The van der Waals surface area contributed by atoms with Crippen molar-refractivity contribution in [2.75, 3.05) is 39.9 Å². The van der Waals surface area contributed by atoms with Crippen LogP contribution in [-0.2, 0) is 14.4 Å². The smallest absolute Gasteiger partial charge is 0.336 e. The van der Waals surface area contributed by atoms with Gasteiger partial charge in [0.05, 0.1) is 18.9 Å². The first-order valence-corrected chi connectivity index (χ1v) is 12.8. The molecule has 14 nitrogen and oxygen atoms in total. The largest absolute Gasteiger partial charge is 0.492 e. The normalized spacial score (nSPS) is 15.3. The summed E-state index contributed by atoms with van der Waals surface area (Å²) in [6, 6.07) is 11.5. The molecule has 0 radical (unpaired) electrons. The zero-order valence-corrected chi connectivity index (χ0v) is 22.0. The molecule has 14 heteroatoms. The molecule has 0 spiro atoms. The number of carboxylic acids is 3. The average Bonchev–Trinajstić information content (AvgIpc) is 3.69. The number of ether oxygens (including phenoxy) is 6. The number of likely N-dealkylation sites (tertiary alicyclic amines) is 1. The molecule has 5 rings (SSSR count). The van der Waals surface area contributed by atoms with Crippen molar-refractivity contribution >= 4 is 17.9 Å². The Morgan fingerprint density at radius 1 is 0.756 bits per heavy atom. The molecule has 0 bridgehead atoms. The Morgan fingerprint density at radius 3 is 1.61 bits per heavy atom. The Balaban J connectivity index is 0.000000254. The van der Waals surface area contributed by atoms with Crippen molar-refractivity contribution in [1.29, 1.82) is 0 Å². The van der Waals surface area contributed by atoms with E-state index in [4.69, 9.17) is 48.8 Å². The van der Waals surface area contributed by atoms with E-state index in [1.165, 1.54) is 12.8 Å². The van der Waals surface area contributed by atoms with Crippen molar-refractivity contribution < 1.29 is 63.2 Å². The van der Waals surface area contributed by atoms with Crippen LogP contribution in [0.2, 0.25) is 0 Å². The topological polar surface area (TPSA) is 191 Å². The van der Waals surface area contributed by atoms with Crippen molar-refractivity contribution in [3.8, 4) is 34.5 Å². The molecule has 222 valence electrons. The van der Waals surface area contributed by atoms with Crippen molar-refractivity contribution in [3.63, 3.8) is 0 Å². The highest BCUT2D eigenvalue weighted by Crippen LogP contribution is 2.36. The van der Waals surface area contributed by atoms with Gasteiger partial charge in [-0.05, 0) is 50.2 Å². The molecule has 0 amide bonds. The minimum atomic E-state index is -2.74. The quantitative estimate of drug-likeness (QED) is 0.286. The van der Waals surface area contributed by atoms with Gasteiger partial charge in [0.15, 0.2) is 28.6 Å². The molecule has 0 saturated carbocycles. The van der Waals surface area contributed by atoms with Crippen LogP contribution in [0.15, 0.2) is 36.4 Å². The molecule has 3 aliphatic rings. The Morgan fingerprint density at radius 2 is 1.20 bits per heavy atom. The number of carbonyl (C=O) groups is 3. The zero-order chi connectivity index (χ0) is 29.4. The van der Waals surface area contributed by atoms with Crippen LogP contribution in [0.25, 0.3) is 0 Å². The molecule has 2 aromatic rings. The summed E-state index contributed by atoms with van der Waals surface area (Å²) in [5, 5.41) is 33.8. The monoisotopic (exact) mass is 577 g/mol. The Bertz CT molecular complexity index is 1170. The summed E-state index contributed by atoms with van der Waals surface area (Å²) in [6.45, 7) is 3.75. The SMILES string of the molecule is O=C(O)CC(O)(CC(=O)O)C(=O)O.c1cc2c(cc1OCC(COc1ccc3c(c1)OCO3)N1CCCC1)OCO2. The molecule has 0 atom stereocenters. The van der Waals surface area contributed by atoms with Crippen LogP contribution >= 0.6 is 0 Å². The van der Waals surface area contributed by atoms with E-state index in [0.29, 0.717) is 13.2 Å². The number of hydrogen-bond donors (Lipinski definition) is 4. The van der Waals surface area contributed by atoms with Crippen molar-refractivity contribution in [1.82, 2.24) is 4.90 Å². The van der Waals surface area contributed by atoms with Gasteiger partial charge in [-0.2, -0.15) is 0 Å². The van der Waals surface area contributed by atoms with Gasteiger partial charge in [0.25, 0.3) is 0 Å². The zero-order valence-electron chi connectivity index (χ0n) is 22.0. The van der Waals surface area contributed by atoms with Crippen LogP contribution in [0.5, 0.6) is 34.5 Å². The maximum atomic E-state index is 10.3. The number of rotatable bonds is 12. The summed E-state index contributed by atoms with van der Waals surface area (Å²) in [5.74, 6) is -0.495. The number of hydrogen-bond acceptors (Lipinski definition) is 11. The minimum absolute atomic E-state index is 0.165. The van der Waals surface area contributed by atoms with Gasteiger partial charge in [-0.25, -0.2) is 4.79 Å². The lowest BCUT2D eigenvalue weighted by Gasteiger charge is -2.27. The van der Waals surface area contributed by atoms with E-state index < -0.39 is 36.4 Å². The van der Waals surface area contributed by atoms with Gasteiger partial charge in [0, 0.05) is 12.1 Å². The molecule has 0 aliphatic carbocycles. The molecule has 3 aliphatic heterocycles. The van der Waals surface area contributed by atoms with Crippen LogP contribution < -0.4 is 28.4 Å². The molecule has 0 aromatic heterocycles. The fourth-order valence-corrected chi connectivity index (χ4v) is 4.40. The highest BCUT2D eigenvalue weighted by atomic mass is 16.7. The summed E-state index contributed by atoms with van der Waals surface area (Å²) in [4.78, 5) is 32.9. The fourth-order valence-electron chi connectivity index (χ4n) is 4.40. The third kappa shape index (κ3) is 8.05. The van der Waals surface area contributed by atoms with Gasteiger partial charge in [0.1, 0.15) is 24.7 Å². The van der Waals surface area contributed by atoms with E-state index >= 15 is 0 Å². The van der Waals surface area contributed by atoms with Crippen LogP contribution in [0, 0.1) is 0 Å². The summed E-state index contributed by atoms with van der Waals surface area (Å²) in [7, 11) is 0. The standard InChI is InChI=1S/C21H23NO6.C6H8O7/c1-2-8-22(7-1)15(11-23-16-3-5-18-20(9-16)27-13-25-18)12-24-17-4-6-19-21(10-17)28-14-26-19;7-3(8)1-6(13,5(11)12)2-4(9)10/h3-6,9-10,15H,1-2,7-8,11-14H2;13H,1-2H2,(H,7,8)(H,9,10)(H,11,12). The van der Waals surface area contributed by atoms with Crippen molar-refractivity contribution in [3.05, 3.63) is 36.4 Å². The van der Waals surface area contributed by atoms with E-state index in [1.807, 2.05) is 36.4 Å². The lowest BCUT2D eigenvalue weighted by atomic mass is 9.96. The molecule has 3 heterocycles. The average molecular weight is 578 g/mol. The molecule has 4 N–H and O–H groups in total. The molecule has 1 fully saturated rings. The summed E-state index contributed by atoms with van der Waals surface area (Å²) in [6.07, 6.45) is 0.137. The van der Waals surface area contributed by atoms with E-state index in [2.05, 4.69) is 4.90 Å². The summed E-state index contributed by atoms with van der Waals surface area (Å²) in [5.41, 5.74) is -2.74. The van der Waals surface area contributed by atoms with E-state index in [0.717, 1.165) is 47.6 Å². The van der Waals surface area contributed by atoms with Crippen LogP contribution in [0.4, 0.5) is 0 Å². The Labute approximate surface area is 234 Å². The number of nitrogens with zero attached hydrogens (tertiary/aromatic N) is 1. The molecule has 0 unspecified atom stereocenters. The lowest BCUT2D eigenvalue weighted by molar-refractivity contribution is -0.170. The van der Waals surface area contributed by atoms with Crippen molar-refractivity contribution in [2.45, 2.75) is 37.3 Å².